The first-order valence-corrected chi connectivity index (χ1v) is 9.68. The minimum absolute atomic E-state index is 0.606. The van der Waals surface area contributed by atoms with Gasteiger partial charge in [0.15, 0.2) is 0 Å². The highest BCUT2D eigenvalue weighted by atomic mass is 19.4. The van der Waals surface area contributed by atoms with Crippen LogP contribution in [0.4, 0.5) is 13.2 Å². The van der Waals surface area contributed by atoms with Crippen LogP contribution in [0.15, 0.2) is 60.7 Å². The van der Waals surface area contributed by atoms with E-state index < -0.39 is 11.7 Å². The molecule has 0 bridgehead atoms. The van der Waals surface area contributed by atoms with Gasteiger partial charge in [-0.2, -0.15) is 13.2 Å². The minimum atomic E-state index is -4.31. The van der Waals surface area contributed by atoms with Crippen molar-refractivity contribution in [3.8, 4) is 11.1 Å². The van der Waals surface area contributed by atoms with E-state index in [1.54, 1.807) is 12.1 Å². The van der Waals surface area contributed by atoms with Gasteiger partial charge in [0.25, 0.3) is 0 Å². The molecule has 27 heavy (non-hydrogen) atoms. The molecule has 0 spiro atoms. The molecule has 3 aromatic carbocycles. The zero-order chi connectivity index (χ0) is 19.3. The molecule has 0 saturated heterocycles. The molecule has 3 rings (SSSR count). The molecule has 0 saturated carbocycles. The van der Waals surface area contributed by atoms with Crippen LogP contribution in [0.2, 0.25) is 0 Å². The molecule has 0 aliphatic carbocycles. The number of aryl methyl sites for hydroxylation is 1. The van der Waals surface area contributed by atoms with Crippen molar-refractivity contribution in [3.63, 3.8) is 0 Å². The fraction of sp³-hybridized carbons (Fsp3) is 0.333. The molecule has 0 radical (unpaired) electrons. The van der Waals surface area contributed by atoms with Crippen LogP contribution in [0, 0.1) is 0 Å². The number of hydrogen-bond donors (Lipinski definition) is 0. The van der Waals surface area contributed by atoms with Crippen LogP contribution in [0.3, 0.4) is 0 Å². The first kappa shape index (κ1) is 19.5. The van der Waals surface area contributed by atoms with Gasteiger partial charge in [-0.25, -0.2) is 0 Å². The summed E-state index contributed by atoms with van der Waals surface area (Å²) in [5.74, 6) is 0. The number of fused-ring (bicyclic) bond motifs is 1. The van der Waals surface area contributed by atoms with Crippen LogP contribution in [0.1, 0.15) is 50.2 Å². The highest BCUT2D eigenvalue weighted by molar-refractivity contribution is 5.88. The summed E-state index contributed by atoms with van der Waals surface area (Å²) in [7, 11) is 0. The van der Waals surface area contributed by atoms with E-state index in [0.717, 1.165) is 29.0 Å². The fourth-order valence-electron chi connectivity index (χ4n) is 3.40. The molecule has 0 aromatic heterocycles. The summed E-state index contributed by atoms with van der Waals surface area (Å²) >= 11 is 0. The van der Waals surface area contributed by atoms with Gasteiger partial charge in [0, 0.05) is 0 Å². The quantitative estimate of drug-likeness (QED) is 0.369. The minimum Gasteiger partial charge on any atom is -0.166 e. The Hall–Kier alpha value is -2.29. The molecule has 0 heterocycles. The van der Waals surface area contributed by atoms with E-state index in [9.17, 15) is 13.2 Å². The van der Waals surface area contributed by atoms with Crippen molar-refractivity contribution in [2.75, 3.05) is 0 Å². The van der Waals surface area contributed by atoms with E-state index in [1.165, 1.54) is 43.7 Å². The predicted octanol–water partition coefficient (Wildman–Crippen LogP) is 8.04. The van der Waals surface area contributed by atoms with Crippen molar-refractivity contribution in [1.29, 1.82) is 0 Å². The second kappa shape index (κ2) is 8.60. The summed E-state index contributed by atoms with van der Waals surface area (Å²) in [5.41, 5.74) is 2.85. The topological polar surface area (TPSA) is 0 Å². The van der Waals surface area contributed by atoms with Crippen molar-refractivity contribution >= 4 is 10.8 Å². The van der Waals surface area contributed by atoms with Crippen LogP contribution in [0.25, 0.3) is 21.9 Å². The van der Waals surface area contributed by atoms with Crippen LogP contribution in [-0.4, -0.2) is 0 Å². The average molecular weight is 370 g/mol. The third-order valence-corrected chi connectivity index (χ3v) is 5.02. The molecule has 0 atom stereocenters. The summed E-state index contributed by atoms with van der Waals surface area (Å²) in [6.07, 6.45) is 3.17. The number of rotatable bonds is 7. The molecule has 0 unspecified atom stereocenters. The number of alkyl halides is 3. The smallest absolute Gasteiger partial charge is 0.166 e. The van der Waals surface area contributed by atoms with E-state index in [-0.39, 0.29) is 0 Å². The molecule has 0 nitrogen and oxygen atoms in total. The normalized spacial score (nSPS) is 11.9. The van der Waals surface area contributed by atoms with Crippen molar-refractivity contribution < 1.29 is 13.2 Å². The summed E-state index contributed by atoms with van der Waals surface area (Å²) < 4.78 is 38.5. The molecule has 0 aliphatic rings. The lowest BCUT2D eigenvalue weighted by Crippen LogP contribution is -2.04. The largest absolute Gasteiger partial charge is 0.416 e. The van der Waals surface area contributed by atoms with Crippen molar-refractivity contribution in [3.05, 3.63) is 71.8 Å². The second-order valence-electron chi connectivity index (χ2n) is 7.14. The highest BCUT2D eigenvalue weighted by Gasteiger charge is 2.30. The molecule has 0 N–H and O–H groups in total. The van der Waals surface area contributed by atoms with Gasteiger partial charge < -0.3 is 0 Å². The third-order valence-electron chi connectivity index (χ3n) is 5.02. The van der Waals surface area contributed by atoms with Gasteiger partial charge in [0.1, 0.15) is 0 Å². The number of unbranched alkanes of at least 4 members (excludes halogenated alkanes) is 4. The number of benzene rings is 3. The Labute approximate surface area is 159 Å². The van der Waals surface area contributed by atoms with Gasteiger partial charge >= 0.3 is 6.18 Å². The molecule has 142 valence electrons. The van der Waals surface area contributed by atoms with E-state index >= 15 is 0 Å². The summed E-state index contributed by atoms with van der Waals surface area (Å²) in [4.78, 5) is 0. The Morgan fingerprint density at radius 1 is 0.667 bits per heavy atom. The number of halogens is 3. The maximum atomic E-state index is 12.8. The van der Waals surface area contributed by atoms with Crippen molar-refractivity contribution in [2.24, 2.45) is 0 Å². The first-order chi connectivity index (χ1) is 13.0. The Morgan fingerprint density at radius 2 is 1.30 bits per heavy atom. The van der Waals surface area contributed by atoms with Gasteiger partial charge in [0.05, 0.1) is 5.56 Å². The Bertz CT molecular complexity index is 876. The molecule has 3 aromatic rings. The lowest BCUT2D eigenvalue weighted by Gasteiger charge is -2.09. The molecule has 0 aliphatic heterocycles. The second-order valence-corrected chi connectivity index (χ2v) is 7.14. The van der Waals surface area contributed by atoms with E-state index in [1.807, 2.05) is 12.1 Å². The Morgan fingerprint density at radius 3 is 2.00 bits per heavy atom. The summed E-state index contributed by atoms with van der Waals surface area (Å²) in [5, 5.41) is 1.43. The first-order valence-electron chi connectivity index (χ1n) is 9.68. The van der Waals surface area contributed by atoms with Crippen LogP contribution in [-0.2, 0) is 12.6 Å². The van der Waals surface area contributed by atoms with Crippen LogP contribution in [0.5, 0.6) is 0 Å². The van der Waals surface area contributed by atoms with E-state index in [0.29, 0.717) is 5.39 Å². The molecule has 3 heteroatoms. The maximum absolute atomic E-state index is 12.8. The van der Waals surface area contributed by atoms with Crippen LogP contribution >= 0.6 is 0 Å². The third kappa shape index (κ3) is 5.12. The summed E-state index contributed by atoms with van der Waals surface area (Å²) in [6.45, 7) is 2.22. The molecular formula is C24H25F3. The SMILES string of the molecule is CCCCCCCc1ccc(-c2ccc3cc(C(F)(F)F)ccc3c2)cc1. The lowest BCUT2D eigenvalue weighted by atomic mass is 9.98. The standard InChI is InChI=1S/C24H25F3/c1-2-3-4-5-6-7-18-8-10-19(11-9-18)20-12-13-22-17-23(24(25,26)27)15-14-21(22)16-20/h8-17H,2-7H2,1H3. The molecule has 0 fully saturated rings. The van der Waals surface area contributed by atoms with Gasteiger partial charge in [0.2, 0.25) is 0 Å². The Balaban J connectivity index is 1.71. The zero-order valence-corrected chi connectivity index (χ0v) is 15.7. The van der Waals surface area contributed by atoms with Crippen molar-refractivity contribution in [2.45, 2.75) is 51.6 Å². The fourth-order valence-corrected chi connectivity index (χ4v) is 3.40. The maximum Gasteiger partial charge on any atom is 0.416 e. The van der Waals surface area contributed by atoms with Crippen LogP contribution < -0.4 is 0 Å². The summed E-state index contributed by atoms with van der Waals surface area (Å²) in [6, 6.07) is 18.0. The monoisotopic (exact) mass is 370 g/mol. The lowest BCUT2D eigenvalue weighted by molar-refractivity contribution is -0.137. The van der Waals surface area contributed by atoms with Crippen molar-refractivity contribution in [1.82, 2.24) is 0 Å². The zero-order valence-electron chi connectivity index (χ0n) is 15.7. The van der Waals surface area contributed by atoms with Gasteiger partial charge in [-0.3, -0.25) is 0 Å². The molecule has 0 amide bonds. The predicted molar refractivity (Wildman–Crippen MR) is 107 cm³/mol. The molecular weight excluding hydrogens is 345 g/mol. The van der Waals surface area contributed by atoms with Gasteiger partial charge in [-0.1, -0.05) is 75.1 Å². The highest BCUT2D eigenvalue weighted by Crippen LogP contribution is 2.32. The van der Waals surface area contributed by atoms with Gasteiger partial charge in [-0.15, -0.1) is 0 Å². The average Bonchev–Trinajstić information content (AvgIpc) is 2.67. The van der Waals surface area contributed by atoms with E-state index in [4.69, 9.17) is 0 Å². The van der Waals surface area contributed by atoms with Gasteiger partial charge in [-0.05, 0) is 58.5 Å². The number of hydrogen-bond acceptors (Lipinski definition) is 0. The Kier molecular flexibility index (Phi) is 6.20. The van der Waals surface area contributed by atoms with E-state index in [2.05, 4.69) is 31.2 Å².